The Hall–Kier alpha value is -1.83. The second-order valence-corrected chi connectivity index (χ2v) is 5.63. The van der Waals surface area contributed by atoms with E-state index in [1.54, 1.807) is 5.57 Å². The number of benzene rings is 1. The third-order valence-electron chi connectivity index (χ3n) is 4.47. The van der Waals surface area contributed by atoms with Gasteiger partial charge in [-0.1, -0.05) is 17.7 Å². The molecule has 1 unspecified atom stereocenters. The molecule has 2 nitrogen and oxygen atoms in total. The molecular weight excluding hydrogens is 232 g/mol. The van der Waals surface area contributed by atoms with E-state index in [2.05, 4.69) is 40.2 Å². The maximum atomic E-state index is 4.46. The summed E-state index contributed by atoms with van der Waals surface area (Å²) in [5.41, 5.74) is 4.11. The summed E-state index contributed by atoms with van der Waals surface area (Å²) in [7, 11) is 0. The number of aromatic nitrogens is 1. The topological polar surface area (TPSA) is 16.1 Å². The third-order valence-corrected chi connectivity index (χ3v) is 4.47. The first kappa shape index (κ1) is 11.0. The molecule has 0 N–H and O–H groups in total. The lowest BCUT2D eigenvalue weighted by Crippen LogP contribution is -2.19. The molecule has 0 bridgehead atoms. The van der Waals surface area contributed by atoms with Crippen LogP contribution in [0.3, 0.4) is 0 Å². The number of pyridine rings is 1. The average molecular weight is 250 g/mol. The van der Waals surface area contributed by atoms with Crippen LogP contribution in [-0.2, 0) is 0 Å². The predicted molar refractivity (Wildman–Crippen MR) is 79.4 cm³/mol. The van der Waals surface area contributed by atoms with Crippen molar-refractivity contribution >= 4 is 16.6 Å². The standard InChI is InChI=1S/C17H18N2/c1-2-6-14-12-19(11-13(14)5-1)17-9-3-8-16-15(17)7-4-10-18-16/h3-5,7-10,14H,1-2,6,11-12H2. The van der Waals surface area contributed by atoms with E-state index in [-0.39, 0.29) is 0 Å². The van der Waals surface area contributed by atoms with Crippen molar-refractivity contribution in [3.8, 4) is 0 Å². The molecule has 1 aromatic heterocycles. The van der Waals surface area contributed by atoms with Gasteiger partial charge in [-0.15, -0.1) is 0 Å². The van der Waals surface area contributed by atoms with Gasteiger partial charge in [0, 0.05) is 30.4 Å². The Balaban J connectivity index is 1.76. The molecule has 96 valence electrons. The second-order valence-electron chi connectivity index (χ2n) is 5.63. The summed E-state index contributed by atoms with van der Waals surface area (Å²) in [5, 5.41) is 1.28. The zero-order chi connectivity index (χ0) is 12.7. The minimum absolute atomic E-state index is 0.792. The van der Waals surface area contributed by atoms with E-state index >= 15 is 0 Å². The van der Waals surface area contributed by atoms with Crippen LogP contribution >= 0.6 is 0 Å². The first-order valence-electron chi connectivity index (χ1n) is 7.19. The molecular formula is C17H18N2. The van der Waals surface area contributed by atoms with Crippen LogP contribution in [-0.4, -0.2) is 18.1 Å². The van der Waals surface area contributed by atoms with Gasteiger partial charge in [-0.25, -0.2) is 0 Å². The van der Waals surface area contributed by atoms with Crippen molar-refractivity contribution in [2.75, 3.05) is 18.0 Å². The van der Waals surface area contributed by atoms with E-state index in [1.807, 2.05) is 12.3 Å². The SMILES string of the molecule is C1=C2CN(c3cccc4ncccc34)CC2CCC1. The van der Waals surface area contributed by atoms with Gasteiger partial charge in [0.15, 0.2) is 0 Å². The Morgan fingerprint density at radius 2 is 2.16 bits per heavy atom. The molecule has 1 atom stereocenters. The Labute approximate surface area is 113 Å². The molecule has 0 spiro atoms. The monoisotopic (exact) mass is 250 g/mol. The fraction of sp³-hybridized carbons (Fsp3) is 0.353. The lowest BCUT2D eigenvalue weighted by Gasteiger charge is -2.20. The van der Waals surface area contributed by atoms with Crippen molar-refractivity contribution in [1.82, 2.24) is 4.98 Å². The van der Waals surface area contributed by atoms with Crippen LogP contribution in [0.15, 0.2) is 48.2 Å². The van der Waals surface area contributed by atoms with Gasteiger partial charge < -0.3 is 4.90 Å². The molecule has 1 saturated heterocycles. The second kappa shape index (κ2) is 4.37. The minimum Gasteiger partial charge on any atom is -0.366 e. The van der Waals surface area contributed by atoms with E-state index in [4.69, 9.17) is 0 Å². The number of allylic oxidation sites excluding steroid dienone is 1. The highest BCUT2D eigenvalue weighted by molar-refractivity contribution is 5.92. The van der Waals surface area contributed by atoms with Crippen LogP contribution in [0.25, 0.3) is 10.9 Å². The molecule has 1 fully saturated rings. The Kier molecular flexibility index (Phi) is 2.54. The third kappa shape index (κ3) is 1.83. The van der Waals surface area contributed by atoms with Crippen LogP contribution in [0.2, 0.25) is 0 Å². The van der Waals surface area contributed by atoms with Gasteiger partial charge in [-0.05, 0) is 49.4 Å². The van der Waals surface area contributed by atoms with Gasteiger partial charge in [0.2, 0.25) is 0 Å². The van der Waals surface area contributed by atoms with Crippen molar-refractivity contribution in [3.05, 3.63) is 48.2 Å². The molecule has 1 aliphatic heterocycles. The first-order chi connectivity index (χ1) is 9.42. The van der Waals surface area contributed by atoms with Gasteiger partial charge in [0.05, 0.1) is 5.52 Å². The molecule has 2 aromatic rings. The van der Waals surface area contributed by atoms with Crippen molar-refractivity contribution in [2.24, 2.45) is 5.92 Å². The van der Waals surface area contributed by atoms with E-state index in [0.29, 0.717) is 0 Å². The zero-order valence-electron chi connectivity index (χ0n) is 11.0. The van der Waals surface area contributed by atoms with Gasteiger partial charge in [0.25, 0.3) is 0 Å². The zero-order valence-corrected chi connectivity index (χ0v) is 11.0. The van der Waals surface area contributed by atoms with Crippen molar-refractivity contribution in [3.63, 3.8) is 0 Å². The van der Waals surface area contributed by atoms with Gasteiger partial charge in [-0.2, -0.15) is 0 Å². The summed E-state index contributed by atoms with van der Waals surface area (Å²) in [5.74, 6) is 0.792. The normalized spacial score (nSPS) is 22.4. The number of anilines is 1. The molecule has 4 rings (SSSR count). The molecule has 1 aromatic carbocycles. The average Bonchev–Trinajstić information content (AvgIpc) is 2.90. The molecule has 2 heteroatoms. The van der Waals surface area contributed by atoms with Gasteiger partial charge in [0.1, 0.15) is 0 Å². The van der Waals surface area contributed by atoms with Crippen molar-refractivity contribution in [1.29, 1.82) is 0 Å². The lowest BCUT2D eigenvalue weighted by atomic mass is 9.91. The van der Waals surface area contributed by atoms with Crippen molar-refractivity contribution in [2.45, 2.75) is 19.3 Å². The smallest absolute Gasteiger partial charge is 0.0722 e. The van der Waals surface area contributed by atoms with E-state index in [1.165, 1.54) is 36.9 Å². The Morgan fingerprint density at radius 1 is 1.16 bits per heavy atom. The van der Waals surface area contributed by atoms with Crippen LogP contribution in [0.5, 0.6) is 0 Å². The van der Waals surface area contributed by atoms with Crippen LogP contribution in [0.4, 0.5) is 5.69 Å². The highest BCUT2D eigenvalue weighted by Gasteiger charge is 2.29. The van der Waals surface area contributed by atoms with Crippen LogP contribution in [0, 0.1) is 5.92 Å². The molecule has 2 aliphatic rings. The number of fused-ring (bicyclic) bond motifs is 2. The maximum absolute atomic E-state index is 4.46. The Morgan fingerprint density at radius 3 is 3.11 bits per heavy atom. The van der Waals surface area contributed by atoms with E-state index in [9.17, 15) is 0 Å². The summed E-state index contributed by atoms with van der Waals surface area (Å²) in [6, 6.07) is 10.7. The van der Waals surface area contributed by atoms with E-state index in [0.717, 1.165) is 18.0 Å². The van der Waals surface area contributed by atoms with Crippen molar-refractivity contribution < 1.29 is 0 Å². The fourth-order valence-corrected chi connectivity index (χ4v) is 3.50. The number of rotatable bonds is 1. The maximum Gasteiger partial charge on any atom is 0.0722 e. The summed E-state index contributed by atoms with van der Waals surface area (Å²) in [4.78, 5) is 7.00. The van der Waals surface area contributed by atoms with Gasteiger partial charge in [-0.3, -0.25) is 4.98 Å². The van der Waals surface area contributed by atoms with Crippen LogP contribution < -0.4 is 4.90 Å². The van der Waals surface area contributed by atoms with Crippen LogP contribution in [0.1, 0.15) is 19.3 Å². The highest BCUT2D eigenvalue weighted by Crippen LogP contribution is 2.36. The Bertz CT molecular complexity index is 639. The largest absolute Gasteiger partial charge is 0.366 e. The summed E-state index contributed by atoms with van der Waals surface area (Å²) in [6.07, 6.45) is 8.34. The van der Waals surface area contributed by atoms with Gasteiger partial charge >= 0.3 is 0 Å². The summed E-state index contributed by atoms with van der Waals surface area (Å²) < 4.78 is 0. The fourth-order valence-electron chi connectivity index (χ4n) is 3.50. The number of hydrogen-bond donors (Lipinski definition) is 0. The first-order valence-corrected chi connectivity index (χ1v) is 7.19. The molecule has 1 aliphatic carbocycles. The highest BCUT2D eigenvalue weighted by atomic mass is 15.2. The molecule has 2 heterocycles. The molecule has 0 radical (unpaired) electrons. The quantitative estimate of drug-likeness (QED) is 0.716. The summed E-state index contributed by atoms with van der Waals surface area (Å²) in [6.45, 7) is 2.29. The lowest BCUT2D eigenvalue weighted by molar-refractivity contribution is 0.556. The molecule has 19 heavy (non-hydrogen) atoms. The summed E-state index contributed by atoms with van der Waals surface area (Å²) >= 11 is 0. The minimum atomic E-state index is 0.792. The predicted octanol–water partition coefficient (Wildman–Crippen LogP) is 3.78. The number of hydrogen-bond acceptors (Lipinski definition) is 2. The number of nitrogens with zero attached hydrogens (tertiary/aromatic N) is 2. The molecule has 0 saturated carbocycles. The van der Waals surface area contributed by atoms with E-state index < -0.39 is 0 Å². The molecule has 0 amide bonds.